The summed E-state index contributed by atoms with van der Waals surface area (Å²) in [5, 5.41) is 2.63. The molecule has 0 bridgehead atoms. The first-order valence-electron chi connectivity index (χ1n) is 5.28. The van der Waals surface area contributed by atoms with Crippen LogP contribution in [0.1, 0.15) is 23.4 Å². The quantitative estimate of drug-likeness (QED) is 0.926. The van der Waals surface area contributed by atoms with E-state index in [9.17, 15) is 0 Å². The van der Waals surface area contributed by atoms with Crippen molar-refractivity contribution in [3.8, 4) is 5.75 Å². The summed E-state index contributed by atoms with van der Waals surface area (Å²) in [5.41, 5.74) is 7.06. The van der Waals surface area contributed by atoms with Crippen molar-refractivity contribution in [3.63, 3.8) is 0 Å². The molecule has 0 saturated carbocycles. The Kier molecular flexibility index (Phi) is 3.99. The van der Waals surface area contributed by atoms with Crippen LogP contribution in [0.15, 0.2) is 29.9 Å². The molecule has 0 spiro atoms. The highest BCUT2D eigenvalue weighted by Gasteiger charge is 2.14. The van der Waals surface area contributed by atoms with Crippen LogP contribution in [0.25, 0.3) is 0 Å². The van der Waals surface area contributed by atoms with Gasteiger partial charge in [-0.3, -0.25) is 4.98 Å². The van der Waals surface area contributed by atoms with Gasteiger partial charge in [0.25, 0.3) is 0 Å². The van der Waals surface area contributed by atoms with Gasteiger partial charge in [-0.15, -0.1) is 11.3 Å². The Morgan fingerprint density at radius 2 is 2.35 bits per heavy atom. The van der Waals surface area contributed by atoms with Crippen LogP contribution in [0, 0.1) is 0 Å². The summed E-state index contributed by atoms with van der Waals surface area (Å²) < 4.78 is 5.40. The van der Waals surface area contributed by atoms with Gasteiger partial charge in [0.15, 0.2) is 0 Å². The van der Waals surface area contributed by atoms with E-state index in [0.29, 0.717) is 11.6 Å². The van der Waals surface area contributed by atoms with Gasteiger partial charge >= 0.3 is 0 Å². The highest BCUT2D eigenvalue weighted by Crippen LogP contribution is 2.31. The van der Waals surface area contributed by atoms with Crippen LogP contribution in [0.4, 0.5) is 0 Å². The molecule has 2 aromatic rings. The zero-order chi connectivity index (χ0) is 12.3. The molecule has 0 aliphatic rings. The largest absolute Gasteiger partial charge is 0.492 e. The summed E-state index contributed by atoms with van der Waals surface area (Å²) in [7, 11) is 0. The Bertz CT molecular complexity index is 501. The van der Waals surface area contributed by atoms with Gasteiger partial charge < -0.3 is 10.5 Å². The van der Waals surface area contributed by atoms with Gasteiger partial charge in [0, 0.05) is 11.1 Å². The van der Waals surface area contributed by atoms with E-state index in [4.69, 9.17) is 22.1 Å². The van der Waals surface area contributed by atoms with E-state index in [1.54, 1.807) is 23.7 Å². The number of nitrogens with zero attached hydrogens (tertiary/aromatic N) is 1. The lowest BCUT2D eigenvalue weighted by molar-refractivity contribution is 0.338. The molecule has 2 rings (SSSR count). The Balaban J connectivity index is 2.28. The number of hydrogen-bond donors (Lipinski definition) is 1. The molecule has 0 aliphatic carbocycles. The second-order valence-electron chi connectivity index (χ2n) is 3.50. The molecule has 2 aromatic heterocycles. The van der Waals surface area contributed by atoms with Crippen molar-refractivity contribution in [2.45, 2.75) is 13.0 Å². The number of thiophene rings is 1. The van der Waals surface area contributed by atoms with E-state index >= 15 is 0 Å². The van der Waals surface area contributed by atoms with Gasteiger partial charge in [-0.1, -0.05) is 11.6 Å². The summed E-state index contributed by atoms with van der Waals surface area (Å²) in [5.74, 6) is 0.730. The second kappa shape index (κ2) is 5.49. The van der Waals surface area contributed by atoms with Crippen molar-refractivity contribution < 1.29 is 4.74 Å². The molecule has 0 amide bonds. The number of nitrogens with two attached hydrogens (primary N) is 1. The smallest absolute Gasteiger partial charge is 0.137 e. The normalized spacial score (nSPS) is 12.4. The molecule has 1 atom stereocenters. The Morgan fingerprint density at radius 1 is 1.53 bits per heavy atom. The van der Waals surface area contributed by atoms with E-state index in [-0.39, 0.29) is 6.04 Å². The maximum Gasteiger partial charge on any atom is 0.137 e. The standard InChI is InChI=1S/C12H13ClN2OS/c1-2-16-9-5-8(6-15-7-9)11(14)12-10(13)3-4-17-12/h3-7,11H,2,14H2,1H3. The molecule has 2 heterocycles. The van der Waals surface area contributed by atoms with Crippen molar-refractivity contribution in [1.82, 2.24) is 4.98 Å². The maximum absolute atomic E-state index is 6.16. The number of halogens is 1. The van der Waals surface area contributed by atoms with Crippen LogP contribution in [-0.2, 0) is 0 Å². The monoisotopic (exact) mass is 268 g/mol. The lowest BCUT2D eigenvalue weighted by atomic mass is 10.1. The van der Waals surface area contributed by atoms with Gasteiger partial charge in [-0.2, -0.15) is 0 Å². The van der Waals surface area contributed by atoms with Crippen LogP contribution in [0.5, 0.6) is 5.75 Å². The molecule has 0 fully saturated rings. The summed E-state index contributed by atoms with van der Waals surface area (Å²) in [6.07, 6.45) is 3.42. The molecule has 1 unspecified atom stereocenters. The minimum absolute atomic E-state index is 0.254. The third kappa shape index (κ3) is 2.77. The van der Waals surface area contributed by atoms with E-state index in [1.165, 1.54) is 0 Å². The number of pyridine rings is 1. The Labute approximate surface area is 109 Å². The molecular weight excluding hydrogens is 256 g/mol. The predicted molar refractivity (Wildman–Crippen MR) is 70.8 cm³/mol. The first-order chi connectivity index (χ1) is 8.22. The highest BCUT2D eigenvalue weighted by molar-refractivity contribution is 7.10. The zero-order valence-electron chi connectivity index (χ0n) is 9.39. The van der Waals surface area contributed by atoms with Crippen molar-refractivity contribution in [1.29, 1.82) is 0 Å². The van der Waals surface area contributed by atoms with Gasteiger partial charge in [-0.25, -0.2) is 0 Å². The van der Waals surface area contributed by atoms with Gasteiger partial charge in [0.2, 0.25) is 0 Å². The van der Waals surface area contributed by atoms with Crippen LogP contribution in [0.2, 0.25) is 5.02 Å². The third-order valence-corrected chi connectivity index (χ3v) is 3.77. The maximum atomic E-state index is 6.16. The van der Waals surface area contributed by atoms with Crippen LogP contribution < -0.4 is 10.5 Å². The van der Waals surface area contributed by atoms with Crippen LogP contribution in [0.3, 0.4) is 0 Å². The fourth-order valence-corrected chi connectivity index (χ4v) is 2.73. The summed E-state index contributed by atoms with van der Waals surface area (Å²) in [6, 6.07) is 3.49. The highest BCUT2D eigenvalue weighted by atomic mass is 35.5. The van der Waals surface area contributed by atoms with Crippen molar-refractivity contribution >= 4 is 22.9 Å². The number of aromatic nitrogens is 1. The first-order valence-corrected chi connectivity index (χ1v) is 6.54. The molecular formula is C12H13ClN2OS. The SMILES string of the molecule is CCOc1cncc(C(N)c2sccc2Cl)c1. The Hall–Kier alpha value is -1.10. The van der Waals surface area contributed by atoms with Crippen LogP contribution >= 0.6 is 22.9 Å². The average molecular weight is 269 g/mol. The fourth-order valence-electron chi connectivity index (χ4n) is 1.53. The molecule has 90 valence electrons. The summed E-state index contributed by atoms with van der Waals surface area (Å²) in [6.45, 7) is 2.54. The van der Waals surface area contributed by atoms with Gasteiger partial charge in [0.05, 0.1) is 23.9 Å². The summed E-state index contributed by atoms with van der Waals surface area (Å²) >= 11 is 7.61. The molecule has 0 aromatic carbocycles. The van der Waals surface area contributed by atoms with Crippen molar-refractivity contribution in [3.05, 3.63) is 45.4 Å². The molecule has 5 heteroatoms. The average Bonchev–Trinajstić information content (AvgIpc) is 2.75. The summed E-state index contributed by atoms with van der Waals surface area (Å²) in [4.78, 5) is 5.07. The Morgan fingerprint density at radius 3 is 3.00 bits per heavy atom. The molecule has 2 N–H and O–H groups in total. The molecule has 3 nitrogen and oxygen atoms in total. The lowest BCUT2D eigenvalue weighted by Crippen LogP contribution is -2.11. The second-order valence-corrected chi connectivity index (χ2v) is 4.85. The lowest BCUT2D eigenvalue weighted by Gasteiger charge is -2.12. The minimum Gasteiger partial charge on any atom is -0.492 e. The molecule has 0 saturated heterocycles. The van der Waals surface area contributed by atoms with Crippen molar-refractivity contribution in [2.24, 2.45) is 5.73 Å². The van der Waals surface area contributed by atoms with Gasteiger partial charge in [0.1, 0.15) is 5.75 Å². The number of hydrogen-bond acceptors (Lipinski definition) is 4. The van der Waals surface area contributed by atoms with E-state index in [2.05, 4.69) is 4.98 Å². The predicted octanol–water partition coefficient (Wildman–Crippen LogP) is 3.24. The van der Waals surface area contributed by atoms with Crippen molar-refractivity contribution in [2.75, 3.05) is 6.61 Å². The molecule has 0 radical (unpaired) electrons. The minimum atomic E-state index is -0.254. The van der Waals surface area contributed by atoms with E-state index in [0.717, 1.165) is 16.2 Å². The molecule has 17 heavy (non-hydrogen) atoms. The fraction of sp³-hybridized carbons (Fsp3) is 0.250. The van der Waals surface area contributed by atoms with E-state index < -0.39 is 0 Å². The third-order valence-electron chi connectivity index (χ3n) is 2.33. The number of ether oxygens (including phenoxy) is 1. The van der Waals surface area contributed by atoms with Gasteiger partial charge in [-0.05, 0) is 30.0 Å². The molecule has 0 aliphatic heterocycles. The number of rotatable bonds is 4. The van der Waals surface area contributed by atoms with Crippen LogP contribution in [-0.4, -0.2) is 11.6 Å². The zero-order valence-corrected chi connectivity index (χ0v) is 11.0. The topological polar surface area (TPSA) is 48.1 Å². The van der Waals surface area contributed by atoms with E-state index in [1.807, 2.05) is 24.4 Å². The first kappa shape index (κ1) is 12.4.